The highest BCUT2D eigenvalue weighted by molar-refractivity contribution is 5.91. The minimum absolute atomic E-state index is 0.0483. The lowest BCUT2D eigenvalue weighted by Crippen LogP contribution is -2.17. The number of halogens is 2. The molecule has 1 aromatic carbocycles. The predicted molar refractivity (Wildman–Crippen MR) is 105 cm³/mol. The first-order valence-electron chi connectivity index (χ1n) is 9.08. The van der Waals surface area contributed by atoms with E-state index in [0.29, 0.717) is 17.2 Å². The molecule has 0 bridgehead atoms. The van der Waals surface area contributed by atoms with Gasteiger partial charge in [-0.1, -0.05) is 39.0 Å². The van der Waals surface area contributed by atoms with E-state index in [0.717, 1.165) is 5.69 Å². The van der Waals surface area contributed by atoms with Crippen molar-refractivity contribution in [2.24, 2.45) is 0 Å². The molecule has 0 fully saturated rings. The third kappa shape index (κ3) is 5.37. The van der Waals surface area contributed by atoms with Crippen LogP contribution < -0.4 is 10.1 Å². The van der Waals surface area contributed by atoms with Crippen molar-refractivity contribution < 1.29 is 18.3 Å². The molecule has 0 spiro atoms. The van der Waals surface area contributed by atoms with E-state index in [1.54, 1.807) is 35.1 Å². The number of alkyl halides is 2. The Kier molecular flexibility index (Phi) is 5.91. The van der Waals surface area contributed by atoms with E-state index < -0.39 is 6.61 Å². The number of rotatable bonds is 6. The second-order valence-electron chi connectivity index (χ2n) is 7.51. The van der Waals surface area contributed by atoms with Gasteiger partial charge in [0.1, 0.15) is 11.6 Å². The molecular formula is C21H22F2N4O2. The van der Waals surface area contributed by atoms with Crippen LogP contribution in [-0.2, 0) is 16.6 Å². The molecule has 0 aliphatic carbocycles. The molecular weight excluding hydrogens is 378 g/mol. The van der Waals surface area contributed by atoms with Gasteiger partial charge in [-0.15, -0.1) is 0 Å². The van der Waals surface area contributed by atoms with Crippen LogP contribution in [0.25, 0.3) is 5.82 Å². The Bertz CT molecular complexity index is 965. The number of pyridine rings is 1. The molecule has 1 amide bonds. The van der Waals surface area contributed by atoms with Crippen LogP contribution in [0.1, 0.15) is 32.0 Å². The molecule has 3 rings (SSSR count). The number of hydrogen-bond donors (Lipinski definition) is 1. The zero-order valence-electron chi connectivity index (χ0n) is 16.4. The summed E-state index contributed by atoms with van der Waals surface area (Å²) in [7, 11) is 0. The smallest absolute Gasteiger partial charge is 0.387 e. The second-order valence-corrected chi connectivity index (χ2v) is 7.51. The summed E-state index contributed by atoms with van der Waals surface area (Å²) in [6, 6.07) is 13.2. The van der Waals surface area contributed by atoms with E-state index >= 15 is 0 Å². The van der Waals surface area contributed by atoms with Gasteiger partial charge in [0.15, 0.2) is 5.82 Å². The zero-order valence-corrected chi connectivity index (χ0v) is 16.4. The maximum atomic E-state index is 12.6. The molecule has 6 nitrogen and oxygen atoms in total. The average molecular weight is 400 g/mol. The number of carbonyl (C=O) groups excluding carboxylic acids is 1. The van der Waals surface area contributed by atoms with Crippen molar-refractivity contribution in [1.82, 2.24) is 14.8 Å². The van der Waals surface area contributed by atoms with Gasteiger partial charge in [0.25, 0.3) is 0 Å². The number of ether oxygens (including phenoxy) is 1. The van der Waals surface area contributed by atoms with Crippen LogP contribution >= 0.6 is 0 Å². The summed E-state index contributed by atoms with van der Waals surface area (Å²) < 4.78 is 30.4. The van der Waals surface area contributed by atoms with Crippen LogP contribution in [0, 0.1) is 0 Å². The van der Waals surface area contributed by atoms with E-state index in [-0.39, 0.29) is 23.5 Å². The molecule has 152 valence electrons. The fraction of sp³-hybridized carbons (Fsp3) is 0.286. The lowest BCUT2D eigenvalue weighted by molar-refractivity contribution is -0.115. The van der Waals surface area contributed by atoms with Crippen molar-refractivity contribution in [1.29, 1.82) is 0 Å². The first kappa shape index (κ1) is 20.4. The molecule has 29 heavy (non-hydrogen) atoms. The molecule has 0 atom stereocenters. The average Bonchev–Trinajstić information content (AvgIpc) is 3.08. The third-order valence-electron chi connectivity index (χ3n) is 4.12. The number of benzene rings is 1. The molecule has 2 aromatic heterocycles. The fourth-order valence-electron chi connectivity index (χ4n) is 2.65. The minimum Gasteiger partial charge on any atom is -0.435 e. The van der Waals surface area contributed by atoms with Gasteiger partial charge in [-0.05, 0) is 29.8 Å². The largest absolute Gasteiger partial charge is 0.435 e. The van der Waals surface area contributed by atoms with Crippen LogP contribution in [0.2, 0.25) is 0 Å². The van der Waals surface area contributed by atoms with Crippen molar-refractivity contribution in [3.63, 3.8) is 0 Å². The maximum absolute atomic E-state index is 12.6. The minimum atomic E-state index is -2.88. The SMILES string of the molecule is CC(C)(C)c1cc(NC(=O)Cc2ccc(OC(F)F)cc2)n(-c2ccccn2)n1. The second kappa shape index (κ2) is 8.38. The van der Waals surface area contributed by atoms with Crippen molar-refractivity contribution in [2.75, 3.05) is 5.32 Å². The number of nitrogens with one attached hydrogen (secondary N) is 1. The molecule has 3 aromatic rings. The first-order chi connectivity index (χ1) is 13.7. The molecule has 0 unspecified atom stereocenters. The molecule has 0 radical (unpaired) electrons. The van der Waals surface area contributed by atoms with Gasteiger partial charge in [0.05, 0.1) is 12.1 Å². The van der Waals surface area contributed by atoms with E-state index in [2.05, 4.69) is 20.1 Å². The van der Waals surface area contributed by atoms with E-state index in [9.17, 15) is 13.6 Å². The Morgan fingerprint density at radius 3 is 2.48 bits per heavy atom. The van der Waals surface area contributed by atoms with Crippen LogP contribution in [0.5, 0.6) is 5.75 Å². The number of amides is 1. The summed E-state index contributed by atoms with van der Waals surface area (Å²) in [4.78, 5) is 16.9. The van der Waals surface area contributed by atoms with Gasteiger partial charge in [-0.2, -0.15) is 18.6 Å². The highest BCUT2D eigenvalue weighted by atomic mass is 19.3. The lowest BCUT2D eigenvalue weighted by atomic mass is 9.92. The molecule has 0 aliphatic rings. The standard InChI is InChI=1S/C21H22F2N4O2/c1-21(2,3)16-13-18(27(26-16)17-6-4-5-11-24-17)25-19(28)12-14-7-9-15(10-8-14)29-20(22)23/h4-11,13,20H,12H2,1-3H3,(H,25,28). The van der Waals surface area contributed by atoms with Crippen molar-refractivity contribution in [2.45, 2.75) is 39.2 Å². The van der Waals surface area contributed by atoms with E-state index in [1.165, 1.54) is 12.1 Å². The highest BCUT2D eigenvalue weighted by Crippen LogP contribution is 2.26. The topological polar surface area (TPSA) is 69.0 Å². The Labute approximate surface area is 167 Å². The molecule has 8 heteroatoms. The van der Waals surface area contributed by atoms with Crippen LogP contribution in [-0.4, -0.2) is 27.3 Å². The Hall–Kier alpha value is -3.29. The van der Waals surface area contributed by atoms with Gasteiger partial charge < -0.3 is 10.1 Å². The van der Waals surface area contributed by atoms with Crippen molar-refractivity contribution >= 4 is 11.7 Å². The quantitative estimate of drug-likeness (QED) is 0.668. The number of anilines is 1. The molecule has 0 saturated heterocycles. The fourth-order valence-corrected chi connectivity index (χ4v) is 2.65. The van der Waals surface area contributed by atoms with Gasteiger partial charge >= 0.3 is 6.61 Å². The Balaban J connectivity index is 1.78. The van der Waals surface area contributed by atoms with Crippen molar-refractivity contribution in [3.8, 4) is 11.6 Å². The van der Waals surface area contributed by atoms with E-state index in [4.69, 9.17) is 0 Å². The summed E-state index contributed by atoms with van der Waals surface area (Å²) >= 11 is 0. The van der Waals surface area contributed by atoms with Crippen molar-refractivity contribution in [3.05, 3.63) is 66.0 Å². The van der Waals surface area contributed by atoms with Gasteiger partial charge in [0, 0.05) is 17.7 Å². The molecule has 0 saturated carbocycles. The molecule has 2 heterocycles. The third-order valence-corrected chi connectivity index (χ3v) is 4.12. The Morgan fingerprint density at radius 1 is 1.17 bits per heavy atom. The Morgan fingerprint density at radius 2 is 1.90 bits per heavy atom. The summed E-state index contributed by atoms with van der Waals surface area (Å²) in [6.45, 7) is 3.22. The normalized spacial score (nSPS) is 11.5. The highest BCUT2D eigenvalue weighted by Gasteiger charge is 2.22. The molecule has 1 N–H and O–H groups in total. The summed E-state index contributed by atoms with van der Waals surface area (Å²) in [6.07, 6.45) is 1.73. The predicted octanol–water partition coefficient (Wildman–Crippen LogP) is 4.35. The zero-order chi connectivity index (χ0) is 21.0. The van der Waals surface area contributed by atoms with Gasteiger partial charge in [0.2, 0.25) is 5.91 Å². The van der Waals surface area contributed by atoms with Crippen LogP contribution in [0.4, 0.5) is 14.6 Å². The monoisotopic (exact) mass is 400 g/mol. The van der Waals surface area contributed by atoms with Gasteiger partial charge in [-0.3, -0.25) is 4.79 Å². The summed E-state index contributed by atoms with van der Waals surface area (Å²) in [5.74, 6) is 0.889. The lowest BCUT2D eigenvalue weighted by Gasteiger charge is -2.13. The summed E-state index contributed by atoms with van der Waals surface area (Å²) in [5, 5.41) is 7.47. The van der Waals surface area contributed by atoms with Crippen LogP contribution in [0.15, 0.2) is 54.7 Å². The number of carbonyl (C=O) groups is 1. The number of aromatic nitrogens is 3. The summed E-state index contributed by atoms with van der Waals surface area (Å²) in [5.41, 5.74) is 1.27. The van der Waals surface area contributed by atoms with E-state index in [1.807, 2.05) is 32.9 Å². The first-order valence-corrected chi connectivity index (χ1v) is 9.08. The number of hydrogen-bond acceptors (Lipinski definition) is 4. The molecule has 0 aliphatic heterocycles. The number of nitrogens with zero attached hydrogens (tertiary/aromatic N) is 3. The maximum Gasteiger partial charge on any atom is 0.387 e. The van der Waals surface area contributed by atoms with Crippen LogP contribution in [0.3, 0.4) is 0 Å². The van der Waals surface area contributed by atoms with Gasteiger partial charge in [-0.25, -0.2) is 4.98 Å².